The zero-order valence-electron chi connectivity index (χ0n) is 39.5. The number of esters is 1. The van der Waals surface area contributed by atoms with Gasteiger partial charge in [-0.15, -0.1) is 0 Å². The Morgan fingerprint density at radius 3 is 1.97 bits per heavy atom. The van der Waals surface area contributed by atoms with Gasteiger partial charge in [-0.05, 0) is 38.7 Å². The molecular formula is C46H63N7O16. The Balaban J connectivity index is 2.69. The summed E-state index contributed by atoms with van der Waals surface area (Å²) < 4.78 is 10.5. The number of benzene rings is 1. The number of ether oxygens (including phenoxy) is 2. The molecule has 23 heteroatoms. The van der Waals surface area contributed by atoms with Gasteiger partial charge in [0.2, 0.25) is 35.4 Å². The summed E-state index contributed by atoms with van der Waals surface area (Å²) in [6.45, 7) is 10.7. The number of rotatable bonds is 14. The molecule has 0 spiro atoms. The summed E-state index contributed by atoms with van der Waals surface area (Å²) in [7, 11) is 2.57. The van der Waals surface area contributed by atoms with E-state index in [1.165, 1.54) is 13.0 Å². The van der Waals surface area contributed by atoms with E-state index in [-0.39, 0.29) is 12.0 Å². The second-order valence-corrected chi connectivity index (χ2v) is 16.5. The van der Waals surface area contributed by atoms with Gasteiger partial charge in [-0.1, -0.05) is 81.5 Å². The summed E-state index contributed by atoms with van der Waals surface area (Å²) in [4.78, 5) is 143. The number of amides is 7. The fourth-order valence-corrected chi connectivity index (χ4v) is 6.81. The third-order valence-corrected chi connectivity index (χ3v) is 11.1. The van der Waals surface area contributed by atoms with E-state index >= 15 is 0 Å². The van der Waals surface area contributed by atoms with Crippen molar-refractivity contribution in [3.05, 3.63) is 72.0 Å². The highest BCUT2D eigenvalue weighted by Crippen LogP contribution is 2.18. The van der Waals surface area contributed by atoms with Gasteiger partial charge in [0.15, 0.2) is 0 Å². The first-order valence-electron chi connectivity index (χ1n) is 21.9. The topological polar surface area (TPSA) is 351 Å². The molecule has 0 bridgehead atoms. The minimum absolute atomic E-state index is 0.167. The minimum atomic E-state index is -2.09. The molecule has 69 heavy (non-hydrogen) atoms. The average Bonchev–Trinajstić information content (AvgIpc) is 3.29. The maximum absolute atomic E-state index is 14.1. The van der Waals surface area contributed by atoms with E-state index in [1.54, 1.807) is 20.1 Å². The highest BCUT2D eigenvalue weighted by molar-refractivity contribution is 6.00. The molecule has 0 aromatic heterocycles. The number of nitrogens with one attached hydrogen (secondary N) is 7. The van der Waals surface area contributed by atoms with E-state index in [4.69, 9.17) is 9.47 Å². The lowest BCUT2D eigenvalue weighted by molar-refractivity contribution is -0.147. The van der Waals surface area contributed by atoms with Crippen LogP contribution in [0.3, 0.4) is 0 Å². The van der Waals surface area contributed by atoms with Gasteiger partial charge in [-0.3, -0.25) is 43.2 Å². The van der Waals surface area contributed by atoms with Crippen molar-refractivity contribution < 1.29 is 77.5 Å². The van der Waals surface area contributed by atoms with E-state index < -0.39 is 151 Å². The summed E-state index contributed by atoms with van der Waals surface area (Å²) in [5.41, 5.74) is 1.08. The number of allylic oxidation sites excluding steroid dienone is 2. The summed E-state index contributed by atoms with van der Waals surface area (Å²) in [5, 5.41) is 45.4. The Hall–Kier alpha value is -7.43. The molecule has 1 saturated heterocycles. The first-order valence-corrected chi connectivity index (χ1v) is 21.9. The first kappa shape index (κ1) is 57.7. The smallest absolute Gasteiger partial charge is 0.327 e. The fourth-order valence-electron chi connectivity index (χ4n) is 6.81. The second kappa shape index (κ2) is 28.0. The normalized spacial score (nSPS) is 25.4. The number of carbonyl (C=O) groups excluding carboxylic acids is 8. The lowest BCUT2D eigenvalue weighted by Crippen LogP contribution is -2.59. The molecule has 1 aromatic carbocycles. The molecule has 1 aliphatic heterocycles. The largest absolute Gasteiger partial charge is 0.481 e. The summed E-state index contributed by atoms with van der Waals surface area (Å²) in [6.07, 6.45) is 1.98. The average molecular weight is 970 g/mol. The second-order valence-electron chi connectivity index (χ2n) is 16.5. The Bertz CT molecular complexity index is 2140. The molecule has 10 N–H and O–H groups in total. The van der Waals surface area contributed by atoms with E-state index in [9.17, 15) is 68.1 Å². The number of hydrogen-bond acceptors (Lipinski definition) is 13. The highest BCUT2D eigenvalue weighted by atomic mass is 16.5. The van der Waals surface area contributed by atoms with Crippen LogP contribution in [-0.2, 0) is 68.6 Å². The molecule has 1 heterocycles. The van der Waals surface area contributed by atoms with Gasteiger partial charge in [0.1, 0.15) is 30.2 Å². The van der Waals surface area contributed by atoms with Crippen LogP contribution < -0.4 is 37.2 Å². The van der Waals surface area contributed by atoms with Crippen molar-refractivity contribution in [3.8, 4) is 0 Å². The monoisotopic (exact) mass is 969 g/mol. The summed E-state index contributed by atoms with van der Waals surface area (Å²) in [5.74, 6) is -16.5. The summed E-state index contributed by atoms with van der Waals surface area (Å²) >= 11 is 0. The van der Waals surface area contributed by atoms with Crippen molar-refractivity contribution in [2.75, 3.05) is 14.2 Å². The van der Waals surface area contributed by atoms with Gasteiger partial charge in [0, 0.05) is 25.9 Å². The number of hydrogen-bond donors (Lipinski definition) is 10. The molecule has 2 rings (SSSR count). The Morgan fingerprint density at radius 1 is 0.783 bits per heavy atom. The third-order valence-electron chi connectivity index (χ3n) is 11.1. The molecule has 1 fully saturated rings. The molecule has 3 unspecified atom stereocenters. The molecule has 23 nitrogen and oxygen atoms in total. The maximum Gasteiger partial charge on any atom is 0.327 e. The van der Waals surface area contributed by atoms with Crippen LogP contribution >= 0.6 is 0 Å². The zero-order valence-corrected chi connectivity index (χ0v) is 39.5. The van der Waals surface area contributed by atoms with Crippen molar-refractivity contribution in [1.29, 1.82) is 0 Å². The van der Waals surface area contributed by atoms with E-state index in [0.717, 1.165) is 26.5 Å². The molecule has 0 aliphatic carbocycles. The number of carbonyl (C=O) groups is 11. The van der Waals surface area contributed by atoms with Crippen LogP contribution in [0.15, 0.2) is 66.4 Å². The van der Waals surface area contributed by atoms with Gasteiger partial charge < -0.3 is 62.0 Å². The Labute approximate surface area is 398 Å². The number of methoxy groups -OCH3 is 2. The zero-order chi connectivity index (χ0) is 52.1. The number of carboxylic acids is 3. The van der Waals surface area contributed by atoms with Crippen LogP contribution in [0.2, 0.25) is 0 Å². The van der Waals surface area contributed by atoms with Crippen molar-refractivity contribution in [3.63, 3.8) is 0 Å². The van der Waals surface area contributed by atoms with Gasteiger partial charge in [-0.25, -0.2) is 9.59 Å². The van der Waals surface area contributed by atoms with Crippen LogP contribution in [0.5, 0.6) is 0 Å². The predicted molar refractivity (Wildman–Crippen MR) is 244 cm³/mol. The lowest BCUT2D eigenvalue weighted by atomic mass is 9.94. The van der Waals surface area contributed by atoms with Gasteiger partial charge >= 0.3 is 23.9 Å². The molecule has 0 saturated carbocycles. The van der Waals surface area contributed by atoms with E-state index in [2.05, 4.69) is 43.8 Å². The van der Waals surface area contributed by atoms with Crippen molar-refractivity contribution in [2.45, 2.75) is 115 Å². The van der Waals surface area contributed by atoms with Crippen LogP contribution in [0.1, 0.15) is 72.3 Å². The van der Waals surface area contributed by atoms with Gasteiger partial charge in [-0.2, -0.15) is 0 Å². The SMILES string of the molecule is C=C1NC(=O)CC[C@H](C(=O)O)NC(=O)[C@@H](C)C(/C=C/C(C)=C/[C@H](C)[C@H](Cc2ccccc2)OC)NC(=O)C(CC(=O)OC)NC(=O)[C@@H](C)C(C(=O)O)NC(=O)[C@H](CCC(=O)O)NC(=O)[C@@H](C)NC1=O. The molecule has 0 radical (unpaired) electrons. The molecular weight excluding hydrogens is 907 g/mol. The lowest BCUT2D eigenvalue weighted by Gasteiger charge is -2.28. The minimum Gasteiger partial charge on any atom is -0.481 e. The molecule has 7 amide bonds. The van der Waals surface area contributed by atoms with Gasteiger partial charge in [0.05, 0.1) is 43.2 Å². The van der Waals surface area contributed by atoms with Crippen LogP contribution in [0.4, 0.5) is 0 Å². The van der Waals surface area contributed by atoms with E-state index in [0.29, 0.717) is 12.0 Å². The fraction of sp³-hybridized carbons (Fsp3) is 0.500. The Morgan fingerprint density at radius 2 is 1.39 bits per heavy atom. The van der Waals surface area contributed by atoms with Crippen molar-refractivity contribution in [2.24, 2.45) is 17.8 Å². The summed E-state index contributed by atoms with van der Waals surface area (Å²) in [6, 6.07) is -0.517. The molecule has 1 aliphatic rings. The van der Waals surface area contributed by atoms with Gasteiger partial charge in [0.25, 0.3) is 5.91 Å². The van der Waals surface area contributed by atoms with E-state index in [1.807, 2.05) is 43.3 Å². The number of aliphatic carboxylic acids is 3. The van der Waals surface area contributed by atoms with Crippen molar-refractivity contribution >= 4 is 65.2 Å². The van der Waals surface area contributed by atoms with Crippen LogP contribution in [0, 0.1) is 17.8 Å². The molecule has 378 valence electrons. The maximum atomic E-state index is 14.1. The third kappa shape index (κ3) is 19.4. The first-order chi connectivity index (χ1) is 32.4. The quantitative estimate of drug-likeness (QED) is 0.0644. The van der Waals surface area contributed by atoms with Crippen molar-refractivity contribution in [1.82, 2.24) is 37.2 Å². The predicted octanol–water partition coefficient (Wildman–Crippen LogP) is -0.396. The van der Waals surface area contributed by atoms with Crippen LogP contribution in [0.25, 0.3) is 0 Å². The molecule has 10 atom stereocenters. The highest BCUT2D eigenvalue weighted by Gasteiger charge is 2.38. The van der Waals surface area contributed by atoms with Crippen LogP contribution in [-0.4, -0.2) is 137 Å². The standard InChI is InChI=1S/C46H63N7O16/c1-23(20-24(2)34(68-7)21-29-12-10-9-11-13-29)14-15-30-25(3)39(58)51-32(45(64)65)16-18-35(54)47-27(5)41(60)48-28(6)42(61)50-31(17-19-36(55)56)43(62)53-38(46(66)67)26(4)40(59)52-33(44(63)49-30)22-37(57)69-8/h9-15,20,24-26,28,30-34,38H,5,16-19,21-22H2,1-4,6-8H3,(H,47,54)(H,48,60)(H,49,63)(H,50,61)(H,51,58)(H,52,59)(H,53,62)(H,55,56)(H,64,65)(H,66,67)/b15-14+,23-20+/t24-,25-,26-,28+,30?,31-,32+,33?,34-,38?/m0/s1. The molecule has 1 aromatic rings. The Kier molecular flexibility index (Phi) is 23.4. The number of carboxylic acid groups (broad SMARTS) is 3.